The van der Waals surface area contributed by atoms with Gasteiger partial charge in [-0.3, -0.25) is 0 Å². The van der Waals surface area contributed by atoms with Gasteiger partial charge in [-0.25, -0.2) is 13.1 Å². The second-order valence-electron chi connectivity index (χ2n) is 5.50. The molecule has 4 nitrogen and oxygen atoms in total. The Labute approximate surface area is 126 Å². The molecule has 2 rings (SSSR count). The molecule has 0 radical (unpaired) electrons. The average molecular weight is 317 g/mol. The zero-order valence-electron chi connectivity index (χ0n) is 11.8. The summed E-state index contributed by atoms with van der Waals surface area (Å²) in [6.07, 6.45) is 3.32. The van der Waals surface area contributed by atoms with Crippen molar-refractivity contribution in [2.24, 2.45) is 5.92 Å². The van der Waals surface area contributed by atoms with Crippen molar-refractivity contribution in [3.63, 3.8) is 0 Å². The SMILES string of the molecule is CNCc1ccc(Cl)c(S(=O)(=O)NC(C)CC2CC2)c1. The van der Waals surface area contributed by atoms with Crippen LogP contribution in [0.2, 0.25) is 5.02 Å². The van der Waals surface area contributed by atoms with Gasteiger partial charge in [-0.2, -0.15) is 0 Å². The van der Waals surface area contributed by atoms with Crippen molar-refractivity contribution in [3.05, 3.63) is 28.8 Å². The lowest BCUT2D eigenvalue weighted by molar-refractivity contribution is 0.530. The van der Waals surface area contributed by atoms with Crippen LogP contribution >= 0.6 is 11.6 Å². The molecule has 112 valence electrons. The molecule has 0 heterocycles. The van der Waals surface area contributed by atoms with E-state index in [9.17, 15) is 8.42 Å². The third kappa shape index (κ3) is 4.19. The number of benzene rings is 1. The van der Waals surface area contributed by atoms with Crippen molar-refractivity contribution in [3.8, 4) is 0 Å². The van der Waals surface area contributed by atoms with E-state index in [2.05, 4.69) is 10.0 Å². The average Bonchev–Trinajstić information content (AvgIpc) is 3.14. The third-order valence-electron chi connectivity index (χ3n) is 3.41. The van der Waals surface area contributed by atoms with Crippen molar-refractivity contribution >= 4 is 21.6 Å². The van der Waals surface area contributed by atoms with E-state index in [1.165, 1.54) is 12.8 Å². The van der Waals surface area contributed by atoms with Gasteiger partial charge in [0.1, 0.15) is 4.90 Å². The second kappa shape index (κ2) is 6.43. The second-order valence-corrected chi connectivity index (χ2v) is 7.59. The Bertz CT molecular complexity index is 571. The molecule has 1 fully saturated rings. The molecule has 0 bridgehead atoms. The summed E-state index contributed by atoms with van der Waals surface area (Å²) in [6, 6.07) is 5.03. The molecule has 20 heavy (non-hydrogen) atoms. The van der Waals surface area contributed by atoms with E-state index in [-0.39, 0.29) is 16.0 Å². The largest absolute Gasteiger partial charge is 0.316 e. The predicted molar refractivity (Wildman–Crippen MR) is 81.3 cm³/mol. The quantitative estimate of drug-likeness (QED) is 0.812. The number of hydrogen-bond acceptors (Lipinski definition) is 3. The molecule has 1 atom stereocenters. The minimum atomic E-state index is -3.56. The van der Waals surface area contributed by atoms with Crippen molar-refractivity contribution in [1.29, 1.82) is 0 Å². The fraction of sp³-hybridized carbons (Fsp3) is 0.571. The highest BCUT2D eigenvalue weighted by Gasteiger charge is 2.27. The molecule has 0 aliphatic heterocycles. The normalized spacial score (nSPS) is 17.1. The maximum Gasteiger partial charge on any atom is 0.242 e. The first-order valence-electron chi connectivity index (χ1n) is 6.87. The van der Waals surface area contributed by atoms with Gasteiger partial charge < -0.3 is 5.32 Å². The summed E-state index contributed by atoms with van der Waals surface area (Å²) >= 11 is 6.04. The van der Waals surface area contributed by atoms with Crippen molar-refractivity contribution < 1.29 is 8.42 Å². The van der Waals surface area contributed by atoms with Gasteiger partial charge in [-0.05, 0) is 44.0 Å². The first kappa shape index (κ1) is 15.8. The molecule has 1 aromatic carbocycles. The van der Waals surface area contributed by atoms with Crippen LogP contribution in [0.5, 0.6) is 0 Å². The van der Waals surface area contributed by atoms with E-state index < -0.39 is 10.0 Å². The standard InChI is InChI=1S/C14H21ClN2O2S/c1-10(7-11-3-4-11)17-20(18,19)14-8-12(9-16-2)5-6-13(14)15/h5-6,8,10-11,16-17H,3-4,7,9H2,1-2H3. The van der Waals surface area contributed by atoms with E-state index in [0.717, 1.165) is 12.0 Å². The zero-order chi connectivity index (χ0) is 14.8. The van der Waals surface area contributed by atoms with Gasteiger partial charge >= 0.3 is 0 Å². The molecule has 1 aromatic rings. The van der Waals surface area contributed by atoms with Crippen molar-refractivity contribution in [2.45, 2.75) is 43.7 Å². The zero-order valence-corrected chi connectivity index (χ0v) is 13.4. The highest BCUT2D eigenvalue weighted by Crippen LogP contribution is 2.33. The first-order valence-corrected chi connectivity index (χ1v) is 8.74. The Balaban J connectivity index is 2.16. The van der Waals surface area contributed by atoms with Gasteiger partial charge in [0.05, 0.1) is 5.02 Å². The number of rotatable bonds is 7. The summed E-state index contributed by atoms with van der Waals surface area (Å²) in [5.74, 6) is 0.679. The number of sulfonamides is 1. The highest BCUT2D eigenvalue weighted by atomic mass is 35.5. The molecule has 2 N–H and O–H groups in total. The van der Waals surface area contributed by atoms with Gasteiger partial charge in [0.25, 0.3) is 0 Å². The molecule has 1 aliphatic rings. The van der Waals surface area contributed by atoms with Crippen LogP contribution < -0.4 is 10.0 Å². The molecular weight excluding hydrogens is 296 g/mol. The van der Waals surface area contributed by atoms with Crippen LogP contribution in [-0.2, 0) is 16.6 Å². The molecular formula is C14H21ClN2O2S. The Morgan fingerprint density at radius 2 is 2.10 bits per heavy atom. The predicted octanol–water partition coefficient (Wildman–Crippen LogP) is 2.53. The number of halogens is 1. The topological polar surface area (TPSA) is 58.2 Å². The minimum Gasteiger partial charge on any atom is -0.316 e. The van der Waals surface area contributed by atoms with Gasteiger partial charge in [-0.1, -0.05) is 30.5 Å². The Hall–Kier alpha value is -0.620. The maximum absolute atomic E-state index is 12.4. The summed E-state index contributed by atoms with van der Waals surface area (Å²) in [7, 11) is -1.74. The summed E-state index contributed by atoms with van der Waals surface area (Å²) in [6.45, 7) is 2.51. The van der Waals surface area contributed by atoms with Crippen LogP contribution in [-0.4, -0.2) is 21.5 Å². The van der Waals surface area contributed by atoms with Crippen LogP contribution in [0.3, 0.4) is 0 Å². The Kier molecular flexibility index (Phi) is 5.07. The fourth-order valence-electron chi connectivity index (χ4n) is 2.30. The third-order valence-corrected chi connectivity index (χ3v) is 5.48. The van der Waals surface area contributed by atoms with Gasteiger partial charge in [0.2, 0.25) is 10.0 Å². The monoisotopic (exact) mass is 316 g/mol. The summed E-state index contributed by atoms with van der Waals surface area (Å²) < 4.78 is 27.5. The molecule has 1 saturated carbocycles. The van der Waals surface area contributed by atoms with E-state index in [1.807, 2.05) is 20.0 Å². The van der Waals surface area contributed by atoms with Crippen LogP contribution in [0.4, 0.5) is 0 Å². The Morgan fingerprint density at radius 3 is 2.70 bits per heavy atom. The summed E-state index contributed by atoms with van der Waals surface area (Å²) in [4.78, 5) is 0.162. The van der Waals surface area contributed by atoms with Crippen LogP contribution in [0, 0.1) is 5.92 Å². The minimum absolute atomic E-state index is 0.0588. The van der Waals surface area contributed by atoms with Crippen LogP contribution in [0.15, 0.2) is 23.1 Å². The smallest absolute Gasteiger partial charge is 0.242 e. The molecule has 0 saturated heterocycles. The maximum atomic E-state index is 12.4. The fourth-order valence-corrected chi connectivity index (χ4v) is 4.10. The van der Waals surface area contributed by atoms with E-state index >= 15 is 0 Å². The van der Waals surface area contributed by atoms with Gasteiger partial charge in [-0.15, -0.1) is 0 Å². The highest BCUT2D eigenvalue weighted by molar-refractivity contribution is 7.89. The van der Waals surface area contributed by atoms with Crippen LogP contribution in [0.1, 0.15) is 31.7 Å². The lowest BCUT2D eigenvalue weighted by atomic mass is 10.2. The van der Waals surface area contributed by atoms with E-state index in [4.69, 9.17) is 11.6 Å². The Morgan fingerprint density at radius 1 is 1.40 bits per heavy atom. The lowest BCUT2D eigenvalue weighted by Gasteiger charge is -2.15. The van der Waals surface area contributed by atoms with E-state index in [0.29, 0.717) is 12.5 Å². The van der Waals surface area contributed by atoms with Gasteiger partial charge in [0.15, 0.2) is 0 Å². The number of hydrogen-bond donors (Lipinski definition) is 2. The molecule has 1 aliphatic carbocycles. The van der Waals surface area contributed by atoms with Gasteiger partial charge in [0, 0.05) is 12.6 Å². The molecule has 0 spiro atoms. The van der Waals surface area contributed by atoms with E-state index in [1.54, 1.807) is 12.1 Å². The van der Waals surface area contributed by atoms with Crippen molar-refractivity contribution in [2.75, 3.05) is 7.05 Å². The first-order chi connectivity index (χ1) is 9.42. The molecule has 6 heteroatoms. The lowest BCUT2D eigenvalue weighted by Crippen LogP contribution is -2.33. The molecule has 1 unspecified atom stereocenters. The number of nitrogens with one attached hydrogen (secondary N) is 2. The van der Waals surface area contributed by atoms with Crippen molar-refractivity contribution in [1.82, 2.24) is 10.0 Å². The summed E-state index contributed by atoms with van der Waals surface area (Å²) in [5, 5.41) is 3.26. The molecule has 0 amide bonds. The van der Waals surface area contributed by atoms with Crippen LogP contribution in [0.25, 0.3) is 0 Å². The summed E-state index contributed by atoms with van der Waals surface area (Å²) in [5.41, 5.74) is 0.895. The molecule has 0 aromatic heterocycles.